The normalized spacial score (nSPS) is 20.0. The van der Waals surface area contributed by atoms with Crippen LogP contribution in [-0.4, -0.2) is 68.7 Å². The fraction of sp³-hybridized carbons (Fsp3) is 0.500. The minimum Gasteiger partial charge on any atom is -0.478 e. The van der Waals surface area contributed by atoms with Crippen LogP contribution in [0.1, 0.15) is 12.8 Å². The zero-order valence-electron chi connectivity index (χ0n) is 14.7. The topological polar surface area (TPSA) is 85.4 Å². The second kappa shape index (κ2) is 8.18. The molecule has 2 amide bonds. The largest absolute Gasteiger partial charge is 0.478 e. The number of anilines is 1. The smallest absolute Gasteiger partial charge is 0.309 e. The van der Waals surface area contributed by atoms with Gasteiger partial charge in [0, 0.05) is 19.7 Å². The molecule has 1 aromatic carbocycles. The Hall–Kier alpha value is -2.61. The van der Waals surface area contributed by atoms with E-state index < -0.39 is 18.0 Å². The molecule has 0 N–H and O–H groups in total. The SMILES string of the molecule is COC(=O)C[C@H]1Oc2ccccc2N(CC(=O)N2CCCOCC2)C1=O. The first-order valence-corrected chi connectivity index (χ1v) is 8.59. The van der Waals surface area contributed by atoms with Gasteiger partial charge in [-0.05, 0) is 18.6 Å². The van der Waals surface area contributed by atoms with E-state index >= 15 is 0 Å². The molecule has 0 saturated carbocycles. The second-order valence-electron chi connectivity index (χ2n) is 6.13. The Kier molecular flexibility index (Phi) is 5.72. The molecule has 2 aliphatic heterocycles. The molecule has 2 aliphatic rings. The molecule has 1 saturated heterocycles. The fourth-order valence-electron chi connectivity index (χ4n) is 3.03. The molecule has 0 spiro atoms. The molecule has 0 bridgehead atoms. The number of carbonyl (C=O) groups excluding carboxylic acids is 3. The maximum Gasteiger partial charge on any atom is 0.309 e. The van der Waals surface area contributed by atoms with Crippen LogP contribution >= 0.6 is 0 Å². The van der Waals surface area contributed by atoms with Crippen molar-refractivity contribution >= 4 is 23.5 Å². The van der Waals surface area contributed by atoms with Crippen LogP contribution in [0.15, 0.2) is 24.3 Å². The molecular weight excluding hydrogens is 340 g/mol. The molecule has 8 heteroatoms. The van der Waals surface area contributed by atoms with Gasteiger partial charge in [0.2, 0.25) is 5.91 Å². The number of amides is 2. The van der Waals surface area contributed by atoms with Crippen LogP contribution in [0.25, 0.3) is 0 Å². The number of hydrogen-bond acceptors (Lipinski definition) is 6. The van der Waals surface area contributed by atoms with E-state index in [0.717, 1.165) is 6.42 Å². The minimum absolute atomic E-state index is 0.100. The van der Waals surface area contributed by atoms with Crippen LogP contribution in [-0.2, 0) is 23.9 Å². The van der Waals surface area contributed by atoms with Crippen molar-refractivity contribution in [3.63, 3.8) is 0 Å². The lowest BCUT2D eigenvalue weighted by Crippen LogP contribution is -2.51. The zero-order valence-corrected chi connectivity index (χ0v) is 14.7. The van der Waals surface area contributed by atoms with Gasteiger partial charge in [0.05, 0.1) is 25.8 Å². The summed E-state index contributed by atoms with van der Waals surface area (Å²) >= 11 is 0. The summed E-state index contributed by atoms with van der Waals surface area (Å²) in [5, 5.41) is 0. The zero-order chi connectivity index (χ0) is 18.5. The summed E-state index contributed by atoms with van der Waals surface area (Å²) < 4.78 is 15.7. The number of ether oxygens (including phenoxy) is 3. The van der Waals surface area contributed by atoms with Gasteiger partial charge in [0.15, 0.2) is 6.10 Å². The molecule has 1 fully saturated rings. The lowest BCUT2D eigenvalue weighted by Gasteiger charge is -2.34. The lowest BCUT2D eigenvalue weighted by molar-refractivity contribution is -0.145. The Bertz CT molecular complexity index is 684. The highest BCUT2D eigenvalue weighted by molar-refractivity contribution is 6.05. The minimum atomic E-state index is -1.00. The molecule has 3 rings (SSSR count). The number of benzene rings is 1. The van der Waals surface area contributed by atoms with E-state index in [1.807, 2.05) is 0 Å². The predicted octanol–water partition coefficient (Wildman–Crippen LogP) is 0.593. The second-order valence-corrected chi connectivity index (χ2v) is 6.13. The number of para-hydroxylation sites is 2. The Labute approximate surface area is 151 Å². The van der Waals surface area contributed by atoms with Gasteiger partial charge in [-0.2, -0.15) is 0 Å². The molecule has 0 aliphatic carbocycles. The van der Waals surface area contributed by atoms with Gasteiger partial charge in [-0.15, -0.1) is 0 Å². The number of esters is 1. The summed E-state index contributed by atoms with van der Waals surface area (Å²) in [6.07, 6.45) is -0.436. The lowest BCUT2D eigenvalue weighted by atomic mass is 10.1. The maximum atomic E-state index is 12.8. The predicted molar refractivity (Wildman–Crippen MR) is 91.9 cm³/mol. The first-order chi connectivity index (χ1) is 12.6. The quantitative estimate of drug-likeness (QED) is 0.729. The van der Waals surface area contributed by atoms with Crippen molar-refractivity contribution in [2.45, 2.75) is 18.9 Å². The van der Waals surface area contributed by atoms with E-state index in [4.69, 9.17) is 9.47 Å². The maximum absolute atomic E-state index is 12.8. The average molecular weight is 362 g/mol. The van der Waals surface area contributed by atoms with Crippen LogP contribution in [0, 0.1) is 0 Å². The van der Waals surface area contributed by atoms with Crippen LogP contribution in [0.2, 0.25) is 0 Å². The van der Waals surface area contributed by atoms with Gasteiger partial charge < -0.3 is 19.1 Å². The summed E-state index contributed by atoms with van der Waals surface area (Å²) in [6, 6.07) is 6.98. The van der Waals surface area contributed by atoms with Crippen molar-refractivity contribution in [3.05, 3.63) is 24.3 Å². The number of rotatable bonds is 4. The van der Waals surface area contributed by atoms with Crippen molar-refractivity contribution in [1.29, 1.82) is 0 Å². The summed E-state index contributed by atoms with van der Waals surface area (Å²) in [6.45, 7) is 2.13. The van der Waals surface area contributed by atoms with Crippen LogP contribution in [0.4, 0.5) is 5.69 Å². The molecule has 2 heterocycles. The number of fused-ring (bicyclic) bond motifs is 1. The Morgan fingerprint density at radius 1 is 1.23 bits per heavy atom. The molecule has 0 aromatic heterocycles. The van der Waals surface area contributed by atoms with Gasteiger partial charge in [-0.1, -0.05) is 12.1 Å². The monoisotopic (exact) mass is 362 g/mol. The standard InChI is InChI=1S/C18H22N2O6/c1-24-17(22)11-15-18(23)20(13-5-2-3-6-14(13)26-15)12-16(21)19-7-4-9-25-10-8-19/h2-3,5-6,15H,4,7-12H2,1H3/t15-/m1/s1. The first kappa shape index (κ1) is 18.2. The van der Waals surface area contributed by atoms with Gasteiger partial charge in [-0.25, -0.2) is 0 Å². The van der Waals surface area contributed by atoms with Crippen molar-refractivity contribution < 1.29 is 28.6 Å². The molecular formula is C18H22N2O6. The van der Waals surface area contributed by atoms with Gasteiger partial charge in [0.25, 0.3) is 5.91 Å². The first-order valence-electron chi connectivity index (χ1n) is 8.59. The molecule has 0 radical (unpaired) electrons. The van der Waals surface area contributed by atoms with E-state index in [0.29, 0.717) is 37.7 Å². The highest BCUT2D eigenvalue weighted by Gasteiger charge is 2.37. The van der Waals surface area contributed by atoms with E-state index in [-0.39, 0.29) is 18.9 Å². The average Bonchev–Trinajstić information content (AvgIpc) is 2.94. The highest BCUT2D eigenvalue weighted by Crippen LogP contribution is 2.34. The number of nitrogens with zero attached hydrogens (tertiary/aromatic N) is 2. The number of hydrogen-bond donors (Lipinski definition) is 0. The van der Waals surface area contributed by atoms with Gasteiger partial charge in [-0.3, -0.25) is 19.3 Å². The third kappa shape index (κ3) is 3.96. The van der Waals surface area contributed by atoms with Crippen LogP contribution in [0.3, 0.4) is 0 Å². The summed E-state index contributed by atoms with van der Waals surface area (Å²) in [5.74, 6) is -0.655. The third-order valence-corrected chi connectivity index (χ3v) is 4.41. The van der Waals surface area contributed by atoms with Crippen LogP contribution in [0.5, 0.6) is 5.75 Å². The fourth-order valence-corrected chi connectivity index (χ4v) is 3.03. The van der Waals surface area contributed by atoms with Crippen molar-refractivity contribution in [1.82, 2.24) is 4.90 Å². The van der Waals surface area contributed by atoms with Crippen molar-refractivity contribution in [3.8, 4) is 5.75 Å². The molecule has 26 heavy (non-hydrogen) atoms. The van der Waals surface area contributed by atoms with E-state index in [1.165, 1.54) is 12.0 Å². The molecule has 1 aromatic rings. The molecule has 1 atom stereocenters. The molecule has 140 valence electrons. The van der Waals surface area contributed by atoms with Gasteiger partial charge in [0.1, 0.15) is 12.3 Å². The molecule has 8 nitrogen and oxygen atoms in total. The summed E-state index contributed by atoms with van der Waals surface area (Å²) in [4.78, 5) is 40.2. The molecule has 0 unspecified atom stereocenters. The third-order valence-electron chi connectivity index (χ3n) is 4.41. The van der Waals surface area contributed by atoms with Crippen LogP contribution < -0.4 is 9.64 Å². The highest BCUT2D eigenvalue weighted by atomic mass is 16.5. The van der Waals surface area contributed by atoms with Crippen molar-refractivity contribution in [2.24, 2.45) is 0 Å². The van der Waals surface area contributed by atoms with E-state index in [2.05, 4.69) is 4.74 Å². The summed E-state index contributed by atoms with van der Waals surface area (Å²) in [5.41, 5.74) is 0.526. The Morgan fingerprint density at radius 3 is 2.85 bits per heavy atom. The van der Waals surface area contributed by atoms with Crippen molar-refractivity contribution in [2.75, 3.05) is 44.9 Å². The Morgan fingerprint density at radius 2 is 2.04 bits per heavy atom. The summed E-state index contributed by atoms with van der Waals surface area (Å²) in [7, 11) is 1.26. The number of methoxy groups -OCH3 is 1. The number of carbonyl (C=O) groups is 3. The van der Waals surface area contributed by atoms with E-state index in [9.17, 15) is 14.4 Å². The van der Waals surface area contributed by atoms with E-state index in [1.54, 1.807) is 29.2 Å². The van der Waals surface area contributed by atoms with Gasteiger partial charge >= 0.3 is 5.97 Å². The Balaban J connectivity index is 1.80.